The number of fused-ring (bicyclic) bond motifs is 9. The van der Waals surface area contributed by atoms with Crippen LogP contribution in [-0.4, -0.2) is 23.6 Å². The molecule has 0 spiro atoms. The molecule has 8 aliphatic rings. The van der Waals surface area contributed by atoms with Crippen LogP contribution in [0.25, 0.3) is 0 Å². The first-order valence-corrected chi connectivity index (χ1v) is 13.4. The Kier molecular flexibility index (Phi) is 4.16. The maximum atomic E-state index is 13.7. The first kappa shape index (κ1) is 20.1. The molecule has 4 nitrogen and oxygen atoms in total. The van der Waals surface area contributed by atoms with Crippen LogP contribution in [0.3, 0.4) is 0 Å². The second-order valence-corrected chi connectivity index (χ2v) is 13.2. The summed E-state index contributed by atoms with van der Waals surface area (Å²) in [5.74, 6) is 6.46. The monoisotopic (exact) mass is 438 g/mol. The van der Waals surface area contributed by atoms with Crippen LogP contribution in [0.4, 0.5) is 0 Å². The lowest BCUT2D eigenvalue weighted by Crippen LogP contribution is -2.58. The molecule has 8 fully saturated rings. The van der Waals surface area contributed by atoms with E-state index in [1.807, 2.05) is 0 Å². The molecule has 0 heterocycles. The van der Waals surface area contributed by atoms with Gasteiger partial charge in [0.15, 0.2) is 0 Å². The maximum absolute atomic E-state index is 13.7. The van der Waals surface area contributed by atoms with Gasteiger partial charge in [0.2, 0.25) is 0 Å². The third kappa shape index (κ3) is 2.61. The molecule has 4 heteroatoms. The van der Waals surface area contributed by atoms with E-state index in [1.165, 1.54) is 44.9 Å². The summed E-state index contributed by atoms with van der Waals surface area (Å²) in [6, 6.07) is 0. The number of hydrogen-bond acceptors (Lipinski definition) is 4. The van der Waals surface area contributed by atoms with Crippen molar-refractivity contribution >= 4 is 11.9 Å². The fourth-order valence-corrected chi connectivity index (χ4v) is 10.8. The minimum atomic E-state index is -0.243. The molecule has 0 saturated heterocycles. The highest BCUT2D eigenvalue weighted by molar-refractivity contribution is 5.87. The Bertz CT molecular complexity index is 847. The van der Waals surface area contributed by atoms with Gasteiger partial charge in [-0.1, -0.05) is 6.58 Å². The van der Waals surface area contributed by atoms with Crippen LogP contribution in [0.1, 0.15) is 71.6 Å². The molecular formula is C28H38O4. The van der Waals surface area contributed by atoms with Crippen molar-refractivity contribution in [1.29, 1.82) is 0 Å². The zero-order chi connectivity index (χ0) is 21.9. The predicted molar refractivity (Wildman–Crippen MR) is 119 cm³/mol. The number of esters is 2. The molecular weight excluding hydrogens is 400 g/mol. The minimum Gasteiger partial charge on any atom is -0.459 e. The Balaban J connectivity index is 1.07. The van der Waals surface area contributed by atoms with Crippen LogP contribution >= 0.6 is 0 Å². The lowest BCUT2D eigenvalue weighted by molar-refractivity contribution is -0.209. The van der Waals surface area contributed by atoms with E-state index in [1.54, 1.807) is 6.92 Å². The molecule has 0 aliphatic heterocycles. The van der Waals surface area contributed by atoms with E-state index in [0.29, 0.717) is 47.0 Å². The first-order valence-electron chi connectivity index (χ1n) is 13.4. The van der Waals surface area contributed by atoms with E-state index in [0.717, 1.165) is 30.6 Å². The summed E-state index contributed by atoms with van der Waals surface area (Å²) >= 11 is 0. The SMILES string of the molecule is C=C(C)C(=O)OC1CC2CC1C1C3CC(CC3C(=O)OC3(C)C4CC5CC(C4)CC3C5)C21. The van der Waals surface area contributed by atoms with E-state index < -0.39 is 0 Å². The Labute approximate surface area is 191 Å². The topological polar surface area (TPSA) is 52.6 Å². The Hall–Kier alpha value is -1.32. The van der Waals surface area contributed by atoms with Crippen LogP contribution in [0.2, 0.25) is 0 Å². The predicted octanol–water partition coefficient (Wildman–Crippen LogP) is 5.16. The van der Waals surface area contributed by atoms with Crippen molar-refractivity contribution < 1.29 is 19.1 Å². The summed E-state index contributed by atoms with van der Waals surface area (Å²) in [5.41, 5.74) is 0.266. The molecule has 0 aromatic rings. The molecule has 0 aromatic heterocycles. The van der Waals surface area contributed by atoms with Crippen LogP contribution in [0, 0.1) is 65.1 Å². The van der Waals surface area contributed by atoms with Gasteiger partial charge in [-0.2, -0.15) is 0 Å². The van der Waals surface area contributed by atoms with Crippen molar-refractivity contribution in [2.75, 3.05) is 0 Å². The molecule has 174 valence electrons. The third-order valence-electron chi connectivity index (χ3n) is 11.7. The summed E-state index contributed by atoms with van der Waals surface area (Å²) in [7, 11) is 0. The molecule has 8 saturated carbocycles. The Morgan fingerprint density at radius 1 is 0.812 bits per heavy atom. The first-order chi connectivity index (χ1) is 15.3. The molecule has 0 radical (unpaired) electrons. The van der Waals surface area contributed by atoms with E-state index >= 15 is 0 Å². The van der Waals surface area contributed by atoms with Crippen molar-refractivity contribution in [1.82, 2.24) is 0 Å². The van der Waals surface area contributed by atoms with Gasteiger partial charge >= 0.3 is 11.9 Å². The zero-order valence-electron chi connectivity index (χ0n) is 19.6. The van der Waals surface area contributed by atoms with Crippen molar-refractivity contribution in [2.24, 2.45) is 65.1 Å². The van der Waals surface area contributed by atoms with Gasteiger partial charge < -0.3 is 9.47 Å². The number of carbonyl (C=O) groups is 2. The number of hydrogen-bond donors (Lipinski definition) is 0. The highest BCUT2D eigenvalue weighted by atomic mass is 16.6. The number of carbonyl (C=O) groups excluding carboxylic acids is 2. The van der Waals surface area contributed by atoms with Gasteiger partial charge in [-0.05, 0) is 131 Å². The number of rotatable bonds is 4. The minimum absolute atomic E-state index is 0.0309. The van der Waals surface area contributed by atoms with Crippen molar-refractivity contribution in [3.05, 3.63) is 12.2 Å². The summed E-state index contributed by atoms with van der Waals surface area (Å²) in [6.07, 6.45) is 11.0. The summed E-state index contributed by atoms with van der Waals surface area (Å²) in [5, 5.41) is 0. The molecule has 32 heavy (non-hydrogen) atoms. The van der Waals surface area contributed by atoms with Gasteiger partial charge in [-0.15, -0.1) is 0 Å². The Morgan fingerprint density at radius 3 is 2.09 bits per heavy atom. The average Bonchev–Trinajstić information content (AvgIpc) is 3.50. The Morgan fingerprint density at radius 2 is 1.44 bits per heavy atom. The lowest BCUT2D eigenvalue weighted by atomic mass is 9.50. The highest BCUT2D eigenvalue weighted by Gasteiger charge is 2.67. The van der Waals surface area contributed by atoms with Gasteiger partial charge in [0.05, 0.1) is 5.92 Å². The molecule has 8 unspecified atom stereocenters. The third-order valence-corrected chi connectivity index (χ3v) is 11.7. The zero-order valence-corrected chi connectivity index (χ0v) is 19.6. The smallest absolute Gasteiger partial charge is 0.333 e. The summed E-state index contributed by atoms with van der Waals surface area (Å²) in [4.78, 5) is 25.8. The van der Waals surface area contributed by atoms with Crippen LogP contribution in [0.5, 0.6) is 0 Å². The van der Waals surface area contributed by atoms with Gasteiger partial charge in [-0.3, -0.25) is 4.79 Å². The standard InChI is InChI=1S/C28H38O4/c1-13(2)26(29)31-23-12-17-11-22(23)25-20-9-16(24(17)25)10-21(20)27(30)32-28(3)18-5-14-4-15(7-18)8-19(28)6-14/h14-25H,1,4-12H2,2-3H3. The molecule has 0 aromatic carbocycles. The summed E-state index contributed by atoms with van der Waals surface area (Å²) < 4.78 is 12.4. The second-order valence-electron chi connectivity index (χ2n) is 13.2. The maximum Gasteiger partial charge on any atom is 0.333 e. The summed E-state index contributed by atoms with van der Waals surface area (Å²) in [6.45, 7) is 7.76. The van der Waals surface area contributed by atoms with E-state index in [-0.39, 0.29) is 29.6 Å². The van der Waals surface area contributed by atoms with E-state index in [4.69, 9.17) is 9.47 Å². The molecule has 8 rings (SSSR count). The van der Waals surface area contributed by atoms with Crippen LogP contribution < -0.4 is 0 Å². The molecule has 8 bridgehead atoms. The quantitative estimate of drug-likeness (QED) is 0.346. The van der Waals surface area contributed by atoms with Crippen molar-refractivity contribution in [2.45, 2.75) is 83.3 Å². The van der Waals surface area contributed by atoms with Crippen molar-refractivity contribution in [3.63, 3.8) is 0 Å². The van der Waals surface area contributed by atoms with E-state index in [2.05, 4.69) is 13.5 Å². The van der Waals surface area contributed by atoms with Crippen LogP contribution in [-0.2, 0) is 19.1 Å². The second kappa shape index (κ2) is 6.63. The van der Waals surface area contributed by atoms with Crippen LogP contribution in [0.15, 0.2) is 12.2 Å². The normalized spacial score (nSPS) is 55.8. The lowest BCUT2D eigenvalue weighted by Gasteiger charge is -2.59. The van der Waals surface area contributed by atoms with Gasteiger partial charge in [0.1, 0.15) is 11.7 Å². The molecule has 8 atom stereocenters. The number of ether oxygens (including phenoxy) is 2. The van der Waals surface area contributed by atoms with Gasteiger partial charge in [0, 0.05) is 5.57 Å². The average molecular weight is 439 g/mol. The highest BCUT2D eigenvalue weighted by Crippen LogP contribution is 2.69. The molecule has 0 amide bonds. The van der Waals surface area contributed by atoms with Gasteiger partial charge in [0.25, 0.3) is 0 Å². The van der Waals surface area contributed by atoms with Gasteiger partial charge in [-0.25, -0.2) is 4.79 Å². The molecule has 8 aliphatic carbocycles. The fourth-order valence-electron chi connectivity index (χ4n) is 10.8. The van der Waals surface area contributed by atoms with E-state index in [9.17, 15) is 9.59 Å². The fraction of sp³-hybridized carbons (Fsp3) is 0.857. The largest absolute Gasteiger partial charge is 0.459 e. The molecule has 0 N–H and O–H groups in total. The van der Waals surface area contributed by atoms with Crippen molar-refractivity contribution in [3.8, 4) is 0 Å².